The topological polar surface area (TPSA) is 32.3 Å². The lowest BCUT2D eigenvalue weighted by molar-refractivity contribution is -0.129. The van der Waals surface area contributed by atoms with Crippen molar-refractivity contribution in [2.24, 2.45) is 0 Å². The van der Waals surface area contributed by atoms with Crippen molar-refractivity contribution in [3.63, 3.8) is 0 Å². The molecule has 1 amide bonds. The monoisotopic (exact) mass is 496 g/mol. The summed E-state index contributed by atoms with van der Waals surface area (Å²) in [4.78, 5) is 18.7. The first kappa shape index (κ1) is 24.8. The lowest BCUT2D eigenvalue weighted by atomic mass is 10.3. The fourth-order valence-corrected chi connectivity index (χ4v) is 5.38. The normalized spacial score (nSPS) is 10.0. The van der Waals surface area contributed by atoms with Crippen LogP contribution < -0.4 is 5.32 Å². The second-order valence-corrected chi connectivity index (χ2v) is 10.4. The van der Waals surface area contributed by atoms with Gasteiger partial charge in [0, 0.05) is 39.5 Å². The number of nitrogens with one attached hydrogen (secondary N) is 1. The molecular weight excluding hydrogens is 472 g/mol. The molecule has 4 rings (SSSR count). The molecule has 0 bridgehead atoms. The highest BCUT2D eigenvalue weighted by atomic mass is 35.5. The van der Waals surface area contributed by atoms with E-state index in [0.717, 1.165) is 13.1 Å². The number of thiophene rings is 4. The lowest BCUT2D eigenvalue weighted by Gasteiger charge is -2.19. The number of nitrogens with zero attached hydrogens (tertiary/aromatic N) is 1. The molecule has 0 atom stereocenters. The summed E-state index contributed by atoms with van der Waals surface area (Å²) in [5.74, 6) is 0.127. The molecule has 0 aliphatic rings. The van der Waals surface area contributed by atoms with Gasteiger partial charge in [0.15, 0.2) is 0 Å². The number of rotatable bonds is 8. The van der Waals surface area contributed by atoms with E-state index in [4.69, 9.17) is 0 Å². The summed E-state index contributed by atoms with van der Waals surface area (Å²) in [6, 6.07) is 16.7. The summed E-state index contributed by atoms with van der Waals surface area (Å²) < 4.78 is 0. The van der Waals surface area contributed by atoms with Crippen LogP contribution >= 0.6 is 57.8 Å². The molecule has 4 aromatic rings. The van der Waals surface area contributed by atoms with Gasteiger partial charge >= 0.3 is 0 Å². The zero-order chi connectivity index (χ0) is 20.3. The molecule has 0 radical (unpaired) electrons. The molecule has 8 heteroatoms. The number of hydrogen-bond donors (Lipinski definition) is 1. The highest BCUT2D eigenvalue weighted by Gasteiger charge is 2.11. The number of hydrogen-bond acceptors (Lipinski definition) is 6. The largest absolute Gasteiger partial charge is 0.333 e. The van der Waals surface area contributed by atoms with Crippen LogP contribution in [-0.4, -0.2) is 10.8 Å². The van der Waals surface area contributed by atoms with E-state index >= 15 is 0 Å². The van der Waals surface area contributed by atoms with Gasteiger partial charge in [0.2, 0.25) is 5.91 Å². The second kappa shape index (κ2) is 13.7. The number of halogens is 1. The van der Waals surface area contributed by atoms with Gasteiger partial charge in [0.1, 0.15) is 0 Å². The van der Waals surface area contributed by atoms with Crippen molar-refractivity contribution >= 4 is 63.7 Å². The summed E-state index contributed by atoms with van der Waals surface area (Å²) in [6.07, 6.45) is 0. The predicted octanol–water partition coefficient (Wildman–Crippen LogP) is 6.88. The Morgan fingerprint density at radius 2 is 1.10 bits per heavy atom. The fourth-order valence-electron chi connectivity index (χ4n) is 2.60. The van der Waals surface area contributed by atoms with Crippen molar-refractivity contribution in [2.75, 3.05) is 0 Å². The minimum absolute atomic E-state index is 0. The van der Waals surface area contributed by atoms with Crippen molar-refractivity contribution in [3.8, 4) is 0 Å². The number of amides is 1. The van der Waals surface area contributed by atoms with Crippen LogP contribution in [0, 0.1) is 0 Å². The molecule has 4 heterocycles. The van der Waals surface area contributed by atoms with Gasteiger partial charge < -0.3 is 10.2 Å². The number of carbonyl (C=O) groups is 1. The Bertz CT molecular complexity index is 850. The maximum atomic E-state index is 11.5. The third kappa shape index (κ3) is 8.71. The zero-order valence-electron chi connectivity index (χ0n) is 16.7. The minimum atomic E-state index is 0. The van der Waals surface area contributed by atoms with E-state index in [1.807, 2.05) is 27.8 Å². The molecule has 0 aliphatic heterocycles. The smallest absolute Gasteiger partial charge is 0.220 e. The van der Waals surface area contributed by atoms with Crippen molar-refractivity contribution in [3.05, 3.63) is 89.6 Å². The maximum Gasteiger partial charge on any atom is 0.220 e. The Kier molecular flexibility index (Phi) is 11.4. The van der Waals surface area contributed by atoms with Crippen LogP contribution in [0.25, 0.3) is 0 Å². The molecule has 30 heavy (non-hydrogen) atoms. The molecule has 0 unspecified atom stereocenters. The zero-order valence-corrected chi connectivity index (χ0v) is 20.7. The second-order valence-electron chi connectivity index (χ2n) is 6.30. The molecule has 0 saturated heterocycles. The minimum Gasteiger partial charge on any atom is -0.333 e. The first-order valence-corrected chi connectivity index (χ1v) is 12.8. The van der Waals surface area contributed by atoms with Crippen molar-refractivity contribution in [1.82, 2.24) is 10.2 Å². The van der Waals surface area contributed by atoms with E-state index < -0.39 is 0 Å². The summed E-state index contributed by atoms with van der Waals surface area (Å²) >= 11 is 6.98. The number of carbonyl (C=O) groups excluding carboxylic acids is 1. The Morgan fingerprint density at radius 1 is 0.733 bits per heavy atom. The van der Waals surface area contributed by atoms with Crippen molar-refractivity contribution in [1.29, 1.82) is 0 Å². The summed E-state index contributed by atoms with van der Waals surface area (Å²) in [7, 11) is 0. The van der Waals surface area contributed by atoms with Crippen LogP contribution in [0.15, 0.2) is 70.1 Å². The standard InChI is InChI=1S/C12H13NOS2.C10H11NS2.ClH/c1-10(14)13(8-11-4-2-6-15-11)9-12-5-3-7-16-12;1-3-9(12-5-1)7-11-8-10-4-2-6-13-10;/h2-7H,8-9H2,1H3;1-6,11H,7-8H2;1H. The third-order valence-corrected chi connectivity index (χ3v) is 7.53. The quantitative estimate of drug-likeness (QED) is 0.288. The SMILES string of the molecule is CC(=O)N(Cc1cccs1)Cc1cccs1.Cl.c1csc(CNCc2cccs2)c1. The Hall–Kier alpha value is -1.48. The van der Waals surface area contributed by atoms with Gasteiger partial charge in [-0.2, -0.15) is 0 Å². The molecule has 0 aromatic carbocycles. The molecule has 0 spiro atoms. The van der Waals surface area contributed by atoms with Crippen LogP contribution in [0.4, 0.5) is 0 Å². The molecule has 3 nitrogen and oxygen atoms in total. The third-order valence-electron chi connectivity index (χ3n) is 4.06. The van der Waals surface area contributed by atoms with E-state index in [-0.39, 0.29) is 18.3 Å². The maximum absolute atomic E-state index is 11.5. The van der Waals surface area contributed by atoms with Crippen LogP contribution in [-0.2, 0) is 31.0 Å². The molecule has 4 aromatic heterocycles. The Labute approximate surface area is 200 Å². The molecule has 0 saturated carbocycles. The molecule has 0 fully saturated rings. The van der Waals surface area contributed by atoms with Gasteiger partial charge in [0.05, 0.1) is 13.1 Å². The first-order chi connectivity index (χ1) is 14.2. The fraction of sp³-hybridized carbons (Fsp3) is 0.227. The molecule has 1 N–H and O–H groups in total. The first-order valence-electron chi connectivity index (χ1n) is 9.26. The molecule has 160 valence electrons. The summed E-state index contributed by atoms with van der Waals surface area (Å²) in [6.45, 7) is 5.02. The van der Waals surface area contributed by atoms with Gasteiger partial charge in [-0.1, -0.05) is 24.3 Å². The average Bonchev–Trinajstić information content (AvgIpc) is 3.50. The predicted molar refractivity (Wildman–Crippen MR) is 135 cm³/mol. The summed E-state index contributed by atoms with van der Waals surface area (Å²) in [5.41, 5.74) is 0. The van der Waals surface area contributed by atoms with Crippen molar-refractivity contribution in [2.45, 2.75) is 33.1 Å². The van der Waals surface area contributed by atoms with Crippen LogP contribution in [0.2, 0.25) is 0 Å². The van der Waals surface area contributed by atoms with Gasteiger partial charge in [-0.25, -0.2) is 0 Å². The highest BCUT2D eigenvalue weighted by molar-refractivity contribution is 7.10. The highest BCUT2D eigenvalue weighted by Crippen LogP contribution is 2.17. The van der Waals surface area contributed by atoms with E-state index in [1.165, 1.54) is 19.5 Å². The Morgan fingerprint density at radius 3 is 1.40 bits per heavy atom. The van der Waals surface area contributed by atoms with Crippen LogP contribution in [0.1, 0.15) is 26.4 Å². The van der Waals surface area contributed by atoms with E-state index in [0.29, 0.717) is 13.1 Å². The summed E-state index contributed by atoms with van der Waals surface area (Å²) in [5, 5.41) is 11.7. The van der Waals surface area contributed by atoms with E-state index in [9.17, 15) is 4.79 Å². The van der Waals surface area contributed by atoms with Crippen LogP contribution in [0.5, 0.6) is 0 Å². The van der Waals surface area contributed by atoms with E-state index in [1.54, 1.807) is 52.3 Å². The van der Waals surface area contributed by atoms with Gasteiger partial charge in [-0.05, 0) is 45.8 Å². The van der Waals surface area contributed by atoms with Crippen molar-refractivity contribution < 1.29 is 4.79 Å². The van der Waals surface area contributed by atoms with Gasteiger partial charge in [0.25, 0.3) is 0 Å². The average molecular weight is 497 g/mol. The van der Waals surface area contributed by atoms with E-state index in [2.05, 4.69) is 52.5 Å². The lowest BCUT2D eigenvalue weighted by Crippen LogP contribution is -2.26. The van der Waals surface area contributed by atoms with Gasteiger partial charge in [-0.3, -0.25) is 4.79 Å². The van der Waals surface area contributed by atoms with Crippen LogP contribution in [0.3, 0.4) is 0 Å². The molecular formula is C22H25ClN2OS4. The van der Waals surface area contributed by atoms with Gasteiger partial charge in [-0.15, -0.1) is 57.8 Å². The molecule has 0 aliphatic carbocycles. The Balaban J connectivity index is 0.000000211.